The fourth-order valence-electron chi connectivity index (χ4n) is 4.95. The minimum absolute atomic E-state index is 0.124. The Hall–Kier alpha value is -3.23. The fraction of sp³-hybridized carbons (Fsp3) is 0.476. The zero-order chi connectivity index (χ0) is 20.4. The van der Waals surface area contributed by atoms with E-state index in [9.17, 15) is 9.59 Å². The van der Waals surface area contributed by atoms with E-state index in [0.717, 1.165) is 54.7 Å². The van der Waals surface area contributed by atoms with Gasteiger partial charge in [0.05, 0.1) is 11.7 Å². The largest absolute Gasteiger partial charge is 0.377 e. The van der Waals surface area contributed by atoms with E-state index in [1.54, 1.807) is 6.20 Å². The molecule has 3 heterocycles. The van der Waals surface area contributed by atoms with Crippen molar-refractivity contribution in [1.82, 2.24) is 24.6 Å². The molecule has 0 amide bonds. The van der Waals surface area contributed by atoms with Crippen molar-refractivity contribution in [3.05, 3.63) is 44.7 Å². The summed E-state index contributed by atoms with van der Waals surface area (Å²) in [5.41, 5.74) is 2.67. The lowest BCUT2D eigenvalue weighted by Gasteiger charge is -2.19. The van der Waals surface area contributed by atoms with Gasteiger partial charge in [-0.3, -0.25) is 14.0 Å². The van der Waals surface area contributed by atoms with Crippen LogP contribution in [0.1, 0.15) is 50.8 Å². The van der Waals surface area contributed by atoms with E-state index in [2.05, 4.69) is 42.1 Å². The van der Waals surface area contributed by atoms with Gasteiger partial charge in [0.25, 0.3) is 10.9 Å². The molecule has 2 aliphatic rings. The summed E-state index contributed by atoms with van der Waals surface area (Å²) in [5, 5.41) is 15.5. The molecule has 9 nitrogen and oxygen atoms in total. The zero-order valence-corrected chi connectivity index (χ0v) is 16.7. The van der Waals surface area contributed by atoms with Gasteiger partial charge in [-0.25, -0.2) is 4.98 Å². The van der Waals surface area contributed by atoms with E-state index in [-0.39, 0.29) is 12.0 Å². The number of H-pyrrole nitrogens is 1. The first-order valence-electron chi connectivity index (χ1n) is 10.7. The summed E-state index contributed by atoms with van der Waals surface area (Å²) in [4.78, 5) is 31.7. The first kappa shape index (κ1) is 17.6. The van der Waals surface area contributed by atoms with Crippen LogP contribution < -0.4 is 21.5 Å². The molecule has 3 aromatic heterocycles. The first-order valence-corrected chi connectivity index (χ1v) is 10.7. The third-order valence-electron chi connectivity index (χ3n) is 6.70. The van der Waals surface area contributed by atoms with Crippen molar-refractivity contribution in [1.29, 1.82) is 0 Å². The zero-order valence-electron chi connectivity index (χ0n) is 16.7. The van der Waals surface area contributed by atoms with E-state index in [4.69, 9.17) is 0 Å². The van der Waals surface area contributed by atoms with E-state index < -0.39 is 10.9 Å². The van der Waals surface area contributed by atoms with Crippen LogP contribution in [-0.2, 0) is 0 Å². The van der Waals surface area contributed by atoms with Crippen molar-refractivity contribution in [2.45, 2.75) is 57.0 Å². The van der Waals surface area contributed by atoms with Crippen LogP contribution in [0.3, 0.4) is 0 Å². The quantitative estimate of drug-likeness (QED) is 0.421. The lowest BCUT2D eigenvalue weighted by molar-refractivity contribution is 0.451. The highest BCUT2D eigenvalue weighted by Gasteiger charge is 2.39. The number of hydrogen-bond acceptors (Lipinski definition) is 7. The molecule has 4 aromatic rings. The highest BCUT2D eigenvalue weighted by molar-refractivity contribution is 5.75. The average molecular weight is 405 g/mol. The molecule has 1 aromatic carbocycles. The molecule has 154 valence electrons. The first-order chi connectivity index (χ1) is 14.6. The molecule has 2 aliphatic carbocycles. The molecule has 0 bridgehead atoms. The van der Waals surface area contributed by atoms with Gasteiger partial charge in [-0.1, -0.05) is 13.3 Å². The lowest BCUT2D eigenvalue weighted by Crippen LogP contribution is -2.39. The van der Waals surface area contributed by atoms with Crippen molar-refractivity contribution in [2.75, 3.05) is 10.6 Å². The van der Waals surface area contributed by atoms with Crippen LogP contribution in [0.25, 0.3) is 16.8 Å². The second kappa shape index (κ2) is 6.38. The number of anilines is 2. The summed E-state index contributed by atoms with van der Waals surface area (Å²) in [7, 11) is 0. The molecular weight excluding hydrogens is 382 g/mol. The molecule has 0 aliphatic heterocycles. The number of aromatic amines is 1. The van der Waals surface area contributed by atoms with Gasteiger partial charge < -0.3 is 15.6 Å². The predicted molar refractivity (Wildman–Crippen MR) is 114 cm³/mol. The van der Waals surface area contributed by atoms with Crippen LogP contribution in [0.4, 0.5) is 11.4 Å². The molecule has 30 heavy (non-hydrogen) atoms. The standard InChI is InChI=1S/C21H23N7O2/c1-2-10-7-12(25-17-16(18(29)19(17)30)24-11-3-4-11)8-13(10)21-27-26-15-9-23-20-14(28(15)21)5-6-22-20/h5-6,9-13,22,24-25H,2-4,7-8H2,1H3/t10-,12?,13?/m1/s1. The van der Waals surface area contributed by atoms with Gasteiger partial charge >= 0.3 is 0 Å². The van der Waals surface area contributed by atoms with Gasteiger partial charge in [0.1, 0.15) is 17.2 Å². The van der Waals surface area contributed by atoms with E-state index in [1.807, 2.05) is 12.3 Å². The van der Waals surface area contributed by atoms with Gasteiger partial charge in [0.2, 0.25) is 0 Å². The van der Waals surface area contributed by atoms with Crippen LogP contribution in [0.2, 0.25) is 0 Å². The Labute approximate surface area is 171 Å². The minimum atomic E-state index is -0.400. The Balaban J connectivity index is 1.31. The smallest absolute Gasteiger partial charge is 0.253 e. The molecular formula is C21H23N7O2. The van der Waals surface area contributed by atoms with Gasteiger partial charge in [0.15, 0.2) is 11.3 Å². The summed E-state index contributed by atoms with van der Waals surface area (Å²) < 4.78 is 2.09. The number of aromatic nitrogens is 5. The average Bonchev–Trinajstić information content (AvgIpc) is 3.15. The maximum Gasteiger partial charge on any atom is 0.253 e. The number of nitrogens with zero attached hydrogens (tertiary/aromatic N) is 4. The highest BCUT2D eigenvalue weighted by Crippen LogP contribution is 2.42. The maximum absolute atomic E-state index is 12.2. The molecule has 2 unspecified atom stereocenters. The molecule has 9 heteroatoms. The Morgan fingerprint density at radius 1 is 1.10 bits per heavy atom. The molecule has 0 saturated heterocycles. The molecule has 2 fully saturated rings. The van der Waals surface area contributed by atoms with Crippen LogP contribution in [0.5, 0.6) is 0 Å². The van der Waals surface area contributed by atoms with Gasteiger partial charge in [-0.2, -0.15) is 0 Å². The summed E-state index contributed by atoms with van der Waals surface area (Å²) >= 11 is 0. The normalized spacial score (nSPS) is 24.2. The molecule has 0 radical (unpaired) electrons. The van der Waals surface area contributed by atoms with Crippen molar-refractivity contribution in [2.24, 2.45) is 5.92 Å². The Morgan fingerprint density at radius 3 is 2.60 bits per heavy atom. The Bertz CT molecular complexity index is 1320. The van der Waals surface area contributed by atoms with Crippen LogP contribution in [-0.4, -0.2) is 36.6 Å². The van der Waals surface area contributed by atoms with Gasteiger partial charge in [-0.15, -0.1) is 10.2 Å². The Kier molecular flexibility index (Phi) is 3.75. The molecule has 6 rings (SSSR count). The van der Waals surface area contributed by atoms with Crippen molar-refractivity contribution in [3.63, 3.8) is 0 Å². The van der Waals surface area contributed by atoms with Gasteiger partial charge in [0, 0.05) is 24.2 Å². The van der Waals surface area contributed by atoms with Gasteiger partial charge in [-0.05, 0) is 37.7 Å². The van der Waals surface area contributed by atoms with E-state index in [0.29, 0.717) is 23.3 Å². The molecule has 2 saturated carbocycles. The second-order valence-corrected chi connectivity index (χ2v) is 8.64. The molecule has 3 N–H and O–H groups in total. The van der Waals surface area contributed by atoms with Crippen molar-refractivity contribution < 1.29 is 0 Å². The summed E-state index contributed by atoms with van der Waals surface area (Å²) in [6, 6.07) is 2.46. The van der Waals surface area contributed by atoms with Crippen LogP contribution in [0.15, 0.2) is 28.0 Å². The number of hydrogen-bond donors (Lipinski definition) is 3. The maximum atomic E-state index is 12.2. The predicted octanol–water partition coefficient (Wildman–Crippen LogP) is 2.16. The minimum Gasteiger partial charge on any atom is -0.377 e. The lowest BCUT2D eigenvalue weighted by atomic mass is 9.93. The molecule has 3 atom stereocenters. The Morgan fingerprint density at radius 2 is 1.87 bits per heavy atom. The van der Waals surface area contributed by atoms with E-state index in [1.165, 1.54) is 0 Å². The highest BCUT2D eigenvalue weighted by atomic mass is 16.2. The number of rotatable bonds is 6. The third kappa shape index (κ3) is 2.57. The molecule has 0 spiro atoms. The number of fused-ring (bicyclic) bond motifs is 3. The van der Waals surface area contributed by atoms with Crippen molar-refractivity contribution in [3.8, 4) is 0 Å². The third-order valence-corrected chi connectivity index (χ3v) is 6.70. The number of nitrogens with one attached hydrogen (secondary N) is 3. The summed E-state index contributed by atoms with van der Waals surface area (Å²) in [6.07, 6.45) is 8.51. The fourth-order valence-corrected chi connectivity index (χ4v) is 4.95. The van der Waals surface area contributed by atoms with E-state index >= 15 is 0 Å². The summed E-state index contributed by atoms with van der Waals surface area (Å²) in [6.45, 7) is 2.19. The van der Waals surface area contributed by atoms with Crippen LogP contribution >= 0.6 is 0 Å². The monoisotopic (exact) mass is 405 g/mol. The van der Waals surface area contributed by atoms with Crippen molar-refractivity contribution >= 4 is 28.2 Å². The summed E-state index contributed by atoms with van der Waals surface area (Å²) in [5.74, 6) is 1.58. The second-order valence-electron chi connectivity index (χ2n) is 8.64. The van der Waals surface area contributed by atoms with Crippen LogP contribution in [0, 0.1) is 5.92 Å². The topological polar surface area (TPSA) is 117 Å². The SMILES string of the molecule is CC[C@@H]1CC(Nc2c(NC3CC3)c(=O)c2=O)CC1c1nnc2cnc3[nH]ccc3n12.